The molecule has 0 aromatic heterocycles. The molecule has 0 fully saturated rings. The summed E-state index contributed by atoms with van der Waals surface area (Å²) in [5, 5.41) is 11.0. The summed E-state index contributed by atoms with van der Waals surface area (Å²) < 4.78 is 5.24. The highest BCUT2D eigenvalue weighted by Gasteiger charge is 2.24. The van der Waals surface area contributed by atoms with E-state index in [1.807, 2.05) is 54.6 Å². The predicted octanol–water partition coefficient (Wildman–Crippen LogP) is 6.03. The lowest BCUT2D eigenvalue weighted by atomic mass is 9.82. The lowest BCUT2D eigenvalue weighted by Crippen LogP contribution is -2.14. The molecule has 0 heterocycles. The molecule has 25 heavy (non-hydrogen) atoms. The van der Waals surface area contributed by atoms with Gasteiger partial charge in [0.05, 0.1) is 13.2 Å². The molecule has 2 aromatic rings. The highest BCUT2D eigenvalue weighted by Crippen LogP contribution is 2.37. The summed E-state index contributed by atoms with van der Waals surface area (Å²) in [6.07, 6.45) is 5.18. The van der Waals surface area contributed by atoms with Crippen LogP contribution < -0.4 is 4.74 Å². The van der Waals surface area contributed by atoms with Gasteiger partial charge < -0.3 is 9.84 Å². The third kappa shape index (κ3) is 5.47. The van der Waals surface area contributed by atoms with E-state index in [0.717, 1.165) is 35.3 Å². The number of ether oxygens (including phenoxy) is 1. The summed E-state index contributed by atoms with van der Waals surface area (Å²) in [5.41, 5.74) is 3.02. The molecule has 0 aliphatic carbocycles. The number of hydrogen-bond donors (Lipinski definition) is 1. The molecule has 0 bridgehead atoms. The number of hydrogen-bond acceptors (Lipinski definition) is 2. The second-order valence-corrected chi connectivity index (χ2v) is 6.57. The van der Waals surface area contributed by atoms with Crippen LogP contribution in [0, 0.1) is 5.92 Å². The Balaban J connectivity index is 2.18. The van der Waals surface area contributed by atoms with Crippen molar-refractivity contribution in [2.24, 2.45) is 5.92 Å². The van der Waals surface area contributed by atoms with Crippen LogP contribution in [0.15, 0.2) is 61.2 Å². The van der Waals surface area contributed by atoms with Gasteiger partial charge in [-0.2, -0.15) is 0 Å². The van der Waals surface area contributed by atoms with Crippen LogP contribution in [-0.2, 0) is 0 Å². The fraction of sp³-hybridized carbons (Fsp3) is 0.391. The standard InChI is InChI=1S/C23H30O2/c1-4-5-6-10-13-22(23(24)20-11-8-7-9-12-20)18(2)19-14-16-21(25-3)17-15-19/h7-9,11-12,14-17,22-24H,2,4-6,10,13H2,1,3H3/t22-,23-/m1/s1. The monoisotopic (exact) mass is 338 g/mol. The Morgan fingerprint density at radius 3 is 2.28 bits per heavy atom. The van der Waals surface area contributed by atoms with E-state index in [4.69, 9.17) is 4.74 Å². The average Bonchev–Trinajstić information content (AvgIpc) is 2.68. The van der Waals surface area contributed by atoms with Gasteiger partial charge in [-0.05, 0) is 35.3 Å². The molecule has 0 aliphatic heterocycles. The molecule has 0 spiro atoms. The maximum absolute atomic E-state index is 11.0. The Bertz CT molecular complexity index is 631. The molecule has 2 rings (SSSR count). The van der Waals surface area contributed by atoms with Crippen molar-refractivity contribution in [1.82, 2.24) is 0 Å². The van der Waals surface area contributed by atoms with Gasteiger partial charge >= 0.3 is 0 Å². The summed E-state index contributed by atoms with van der Waals surface area (Å²) in [6, 6.07) is 17.9. The van der Waals surface area contributed by atoms with Crippen molar-refractivity contribution in [2.45, 2.75) is 45.1 Å². The fourth-order valence-corrected chi connectivity index (χ4v) is 3.22. The van der Waals surface area contributed by atoms with Crippen LogP contribution in [0.25, 0.3) is 5.57 Å². The minimum atomic E-state index is -0.530. The molecule has 2 atom stereocenters. The Kier molecular flexibility index (Phi) is 7.75. The molecule has 2 heteroatoms. The summed E-state index contributed by atoms with van der Waals surface area (Å²) in [7, 11) is 1.67. The van der Waals surface area contributed by atoms with Crippen molar-refractivity contribution in [3.05, 3.63) is 72.3 Å². The zero-order chi connectivity index (χ0) is 18.1. The molecular formula is C23H30O2. The summed E-state index contributed by atoms with van der Waals surface area (Å²) >= 11 is 0. The van der Waals surface area contributed by atoms with Crippen molar-refractivity contribution < 1.29 is 9.84 Å². The molecule has 1 N–H and O–H groups in total. The van der Waals surface area contributed by atoms with Crippen molar-refractivity contribution in [2.75, 3.05) is 7.11 Å². The lowest BCUT2D eigenvalue weighted by molar-refractivity contribution is 0.130. The van der Waals surface area contributed by atoms with E-state index >= 15 is 0 Å². The second kappa shape index (κ2) is 10.0. The molecule has 0 saturated heterocycles. The predicted molar refractivity (Wildman–Crippen MR) is 106 cm³/mol. The largest absolute Gasteiger partial charge is 0.497 e. The number of aliphatic hydroxyl groups excluding tert-OH is 1. The van der Waals surface area contributed by atoms with Gasteiger partial charge in [-0.25, -0.2) is 0 Å². The minimum absolute atomic E-state index is 0.0210. The maximum Gasteiger partial charge on any atom is 0.118 e. The number of methoxy groups -OCH3 is 1. The highest BCUT2D eigenvalue weighted by atomic mass is 16.5. The molecule has 2 nitrogen and oxygen atoms in total. The quantitative estimate of drug-likeness (QED) is 0.536. The maximum atomic E-state index is 11.0. The van der Waals surface area contributed by atoms with E-state index in [1.165, 1.54) is 19.3 Å². The SMILES string of the molecule is C=C(c1ccc(OC)cc1)[C@@H](CCCCCC)[C@H](O)c1ccccc1. The molecule has 2 aromatic carbocycles. The van der Waals surface area contributed by atoms with E-state index in [0.29, 0.717) is 0 Å². The van der Waals surface area contributed by atoms with Gasteiger partial charge in [0.15, 0.2) is 0 Å². The minimum Gasteiger partial charge on any atom is -0.497 e. The van der Waals surface area contributed by atoms with Crippen LogP contribution in [0.3, 0.4) is 0 Å². The van der Waals surface area contributed by atoms with Gasteiger partial charge in [-0.1, -0.05) is 81.7 Å². The van der Waals surface area contributed by atoms with E-state index in [1.54, 1.807) is 7.11 Å². The van der Waals surface area contributed by atoms with Crippen LogP contribution in [-0.4, -0.2) is 12.2 Å². The smallest absolute Gasteiger partial charge is 0.118 e. The number of benzene rings is 2. The first kappa shape index (κ1) is 19.3. The van der Waals surface area contributed by atoms with Crippen molar-refractivity contribution >= 4 is 5.57 Å². The van der Waals surface area contributed by atoms with Crippen LogP contribution >= 0.6 is 0 Å². The first-order valence-corrected chi connectivity index (χ1v) is 9.23. The van der Waals surface area contributed by atoms with E-state index in [-0.39, 0.29) is 5.92 Å². The molecule has 0 amide bonds. The van der Waals surface area contributed by atoms with Crippen molar-refractivity contribution in [3.63, 3.8) is 0 Å². The zero-order valence-corrected chi connectivity index (χ0v) is 15.4. The normalized spacial score (nSPS) is 13.2. The van der Waals surface area contributed by atoms with E-state index in [9.17, 15) is 5.11 Å². The van der Waals surface area contributed by atoms with Gasteiger partial charge in [-0.15, -0.1) is 0 Å². The first-order valence-electron chi connectivity index (χ1n) is 9.23. The molecular weight excluding hydrogens is 308 g/mol. The second-order valence-electron chi connectivity index (χ2n) is 6.57. The van der Waals surface area contributed by atoms with Crippen LogP contribution in [0.1, 0.15) is 56.3 Å². The van der Waals surface area contributed by atoms with Gasteiger partial charge in [0, 0.05) is 5.92 Å². The summed E-state index contributed by atoms with van der Waals surface area (Å²) in [6.45, 7) is 6.54. The zero-order valence-electron chi connectivity index (χ0n) is 15.4. The lowest BCUT2D eigenvalue weighted by Gasteiger charge is -2.26. The van der Waals surface area contributed by atoms with Gasteiger partial charge in [0.25, 0.3) is 0 Å². The highest BCUT2D eigenvalue weighted by molar-refractivity contribution is 5.66. The van der Waals surface area contributed by atoms with Gasteiger partial charge in [-0.3, -0.25) is 0 Å². The Hall–Kier alpha value is -2.06. The van der Waals surface area contributed by atoms with Crippen molar-refractivity contribution in [3.8, 4) is 5.75 Å². The number of unbranched alkanes of at least 4 members (excludes halogenated alkanes) is 3. The third-order valence-electron chi connectivity index (χ3n) is 4.80. The third-order valence-corrected chi connectivity index (χ3v) is 4.80. The Labute approximate surface area is 152 Å². The molecule has 134 valence electrons. The van der Waals surface area contributed by atoms with Crippen molar-refractivity contribution in [1.29, 1.82) is 0 Å². The average molecular weight is 338 g/mol. The Morgan fingerprint density at radius 1 is 1.00 bits per heavy atom. The van der Waals surface area contributed by atoms with Gasteiger partial charge in [0.1, 0.15) is 5.75 Å². The van der Waals surface area contributed by atoms with E-state index < -0.39 is 6.10 Å². The van der Waals surface area contributed by atoms with Crippen LogP contribution in [0.5, 0.6) is 5.75 Å². The summed E-state index contributed by atoms with van der Waals surface area (Å²) in [4.78, 5) is 0. The summed E-state index contributed by atoms with van der Waals surface area (Å²) in [5.74, 6) is 0.854. The van der Waals surface area contributed by atoms with Crippen LogP contribution in [0.2, 0.25) is 0 Å². The molecule has 0 aliphatic rings. The Morgan fingerprint density at radius 2 is 1.68 bits per heavy atom. The number of aliphatic hydroxyl groups is 1. The molecule has 0 radical (unpaired) electrons. The topological polar surface area (TPSA) is 29.5 Å². The van der Waals surface area contributed by atoms with Crippen LogP contribution in [0.4, 0.5) is 0 Å². The molecule has 0 unspecified atom stereocenters. The fourth-order valence-electron chi connectivity index (χ4n) is 3.22. The van der Waals surface area contributed by atoms with E-state index in [2.05, 4.69) is 13.5 Å². The molecule has 0 saturated carbocycles. The van der Waals surface area contributed by atoms with Gasteiger partial charge in [0.2, 0.25) is 0 Å². The number of rotatable bonds is 10. The first-order chi connectivity index (χ1) is 12.2.